The van der Waals surface area contributed by atoms with Crippen molar-refractivity contribution in [3.05, 3.63) is 59.8 Å². The number of benzene rings is 1. The number of nitrogens with one attached hydrogen (secondary N) is 2. The number of hydrogen-bond acceptors (Lipinski definition) is 2. The van der Waals surface area contributed by atoms with Crippen molar-refractivity contribution in [1.82, 2.24) is 9.97 Å². The van der Waals surface area contributed by atoms with Crippen LogP contribution in [0.4, 0.5) is 10.1 Å². The molecule has 92 valence electrons. The van der Waals surface area contributed by atoms with E-state index >= 15 is 0 Å². The number of rotatable bonds is 4. The third-order valence-corrected chi connectivity index (χ3v) is 2.93. The van der Waals surface area contributed by atoms with Crippen molar-refractivity contribution in [2.24, 2.45) is 0 Å². The van der Waals surface area contributed by atoms with Crippen LogP contribution in [-0.2, 0) is 0 Å². The van der Waals surface area contributed by atoms with Crippen LogP contribution in [-0.4, -0.2) is 9.97 Å². The largest absolute Gasteiger partial charge is 0.355 e. The van der Waals surface area contributed by atoms with Crippen LogP contribution in [0.15, 0.2) is 59.8 Å². The highest BCUT2D eigenvalue weighted by molar-refractivity contribution is 9.10. The van der Waals surface area contributed by atoms with Crippen molar-refractivity contribution in [2.75, 3.05) is 5.32 Å². The molecule has 1 aromatic carbocycles. The van der Waals surface area contributed by atoms with Gasteiger partial charge in [0.1, 0.15) is 5.83 Å². The average Bonchev–Trinajstić information content (AvgIpc) is 2.74. The Morgan fingerprint density at radius 3 is 2.89 bits per heavy atom. The highest BCUT2D eigenvalue weighted by atomic mass is 79.9. The van der Waals surface area contributed by atoms with Crippen LogP contribution in [0.3, 0.4) is 0 Å². The maximum absolute atomic E-state index is 12.5. The molecule has 1 aromatic heterocycles. The minimum Gasteiger partial charge on any atom is -0.355 e. The van der Waals surface area contributed by atoms with E-state index < -0.39 is 5.83 Å². The molecular weight excluding hydrogens is 297 g/mol. The van der Waals surface area contributed by atoms with E-state index in [4.69, 9.17) is 0 Å². The first kappa shape index (κ1) is 12.6. The fraction of sp³-hybridized carbons (Fsp3) is 0. The smallest absolute Gasteiger partial charge is 0.116 e. The fourth-order valence-electron chi connectivity index (χ4n) is 1.46. The van der Waals surface area contributed by atoms with E-state index in [1.54, 1.807) is 6.33 Å². The number of nitrogens with zero attached hydrogens (tertiary/aromatic N) is 1. The van der Waals surface area contributed by atoms with Gasteiger partial charge in [0.25, 0.3) is 0 Å². The van der Waals surface area contributed by atoms with E-state index in [1.165, 1.54) is 12.2 Å². The molecule has 0 aliphatic heterocycles. The standard InChI is InChI=1S/C13H11BrFN3/c1-8(15)3-4-9(2)18-11-6-13-12(5-10(11)14)16-7-17-13/h3-7,18H,1-2H2,(H,16,17)/b4-3-. The Kier molecular flexibility index (Phi) is 3.62. The highest BCUT2D eigenvalue weighted by Crippen LogP contribution is 2.27. The molecule has 0 bridgehead atoms. The Morgan fingerprint density at radius 2 is 2.17 bits per heavy atom. The predicted octanol–water partition coefficient (Wildman–Crippen LogP) is 4.29. The summed E-state index contributed by atoms with van der Waals surface area (Å²) in [6.45, 7) is 6.92. The van der Waals surface area contributed by atoms with Gasteiger partial charge in [-0.05, 0) is 40.2 Å². The van der Waals surface area contributed by atoms with Crippen molar-refractivity contribution in [3.8, 4) is 0 Å². The fourth-order valence-corrected chi connectivity index (χ4v) is 1.90. The summed E-state index contributed by atoms with van der Waals surface area (Å²) in [5, 5.41) is 3.06. The van der Waals surface area contributed by atoms with Crippen LogP contribution in [0.2, 0.25) is 0 Å². The molecule has 2 N–H and O–H groups in total. The van der Waals surface area contributed by atoms with Crippen LogP contribution in [0, 0.1) is 0 Å². The van der Waals surface area contributed by atoms with E-state index in [0.717, 1.165) is 21.2 Å². The number of fused-ring (bicyclic) bond motifs is 1. The molecule has 0 amide bonds. The van der Waals surface area contributed by atoms with Gasteiger partial charge in [0.05, 0.1) is 23.0 Å². The van der Waals surface area contributed by atoms with Gasteiger partial charge in [-0.2, -0.15) is 0 Å². The van der Waals surface area contributed by atoms with Crippen molar-refractivity contribution >= 4 is 32.7 Å². The summed E-state index contributed by atoms with van der Waals surface area (Å²) in [4.78, 5) is 7.18. The first-order chi connectivity index (χ1) is 8.56. The maximum Gasteiger partial charge on any atom is 0.116 e. The van der Waals surface area contributed by atoms with E-state index in [2.05, 4.69) is 44.4 Å². The van der Waals surface area contributed by atoms with Crippen molar-refractivity contribution in [3.63, 3.8) is 0 Å². The van der Waals surface area contributed by atoms with Crippen LogP contribution < -0.4 is 5.32 Å². The second-order valence-corrected chi connectivity index (χ2v) is 4.54. The van der Waals surface area contributed by atoms with Gasteiger partial charge < -0.3 is 10.3 Å². The normalized spacial score (nSPS) is 11.0. The van der Waals surface area contributed by atoms with E-state index in [1.807, 2.05) is 12.1 Å². The second kappa shape index (κ2) is 5.18. The molecule has 5 heteroatoms. The lowest BCUT2D eigenvalue weighted by Crippen LogP contribution is -1.96. The molecule has 0 aliphatic carbocycles. The van der Waals surface area contributed by atoms with Gasteiger partial charge in [0.15, 0.2) is 0 Å². The molecule has 0 atom stereocenters. The number of aromatic nitrogens is 2. The third-order valence-electron chi connectivity index (χ3n) is 2.27. The number of imidazole rings is 1. The summed E-state index contributed by atoms with van der Waals surface area (Å²) in [6.07, 6.45) is 4.39. The molecule has 0 radical (unpaired) electrons. The van der Waals surface area contributed by atoms with E-state index in [9.17, 15) is 4.39 Å². The molecule has 2 aromatic rings. The lowest BCUT2D eigenvalue weighted by molar-refractivity contribution is 0.671. The zero-order valence-electron chi connectivity index (χ0n) is 9.50. The molecule has 0 saturated carbocycles. The second-order valence-electron chi connectivity index (χ2n) is 3.68. The maximum atomic E-state index is 12.5. The average molecular weight is 308 g/mol. The molecule has 0 fully saturated rings. The Labute approximate surface area is 112 Å². The van der Waals surface area contributed by atoms with Gasteiger partial charge in [-0.15, -0.1) is 0 Å². The van der Waals surface area contributed by atoms with Gasteiger partial charge in [-0.25, -0.2) is 9.37 Å². The molecule has 0 spiro atoms. The van der Waals surface area contributed by atoms with Crippen LogP contribution in [0.5, 0.6) is 0 Å². The number of hydrogen-bond donors (Lipinski definition) is 2. The minimum absolute atomic E-state index is 0.514. The summed E-state index contributed by atoms with van der Waals surface area (Å²) >= 11 is 3.44. The Morgan fingerprint density at radius 1 is 1.39 bits per heavy atom. The van der Waals surface area contributed by atoms with Crippen LogP contribution in [0.1, 0.15) is 0 Å². The van der Waals surface area contributed by atoms with Crippen molar-refractivity contribution < 1.29 is 4.39 Å². The zero-order chi connectivity index (χ0) is 13.1. The first-order valence-corrected chi connectivity index (χ1v) is 5.96. The summed E-state index contributed by atoms with van der Waals surface area (Å²) in [5.41, 5.74) is 3.15. The number of H-pyrrole nitrogens is 1. The minimum atomic E-state index is -0.514. The van der Waals surface area contributed by atoms with Gasteiger partial charge >= 0.3 is 0 Å². The number of allylic oxidation sites excluding steroid dienone is 3. The monoisotopic (exact) mass is 307 g/mol. The quantitative estimate of drug-likeness (QED) is 0.827. The predicted molar refractivity (Wildman–Crippen MR) is 75.9 cm³/mol. The van der Waals surface area contributed by atoms with Crippen molar-refractivity contribution in [1.29, 1.82) is 0 Å². The summed E-state index contributed by atoms with van der Waals surface area (Å²) in [7, 11) is 0. The SMILES string of the molecule is C=C(F)/C=C\C(=C)Nc1cc2nc[nH]c2cc1Br. The highest BCUT2D eigenvalue weighted by Gasteiger charge is 2.04. The Hall–Kier alpha value is -1.88. The summed E-state index contributed by atoms with van der Waals surface area (Å²) < 4.78 is 13.3. The summed E-state index contributed by atoms with van der Waals surface area (Å²) in [6, 6.07) is 3.79. The molecule has 0 aliphatic rings. The first-order valence-electron chi connectivity index (χ1n) is 5.17. The van der Waals surface area contributed by atoms with Gasteiger partial charge in [-0.3, -0.25) is 0 Å². The van der Waals surface area contributed by atoms with E-state index in [0.29, 0.717) is 5.70 Å². The molecule has 0 saturated heterocycles. The van der Waals surface area contributed by atoms with Crippen LogP contribution in [0.25, 0.3) is 11.0 Å². The molecular formula is C13H11BrFN3. The molecule has 3 nitrogen and oxygen atoms in total. The third kappa shape index (κ3) is 2.87. The van der Waals surface area contributed by atoms with Gasteiger partial charge in [-0.1, -0.05) is 13.2 Å². The molecule has 18 heavy (non-hydrogen) atoms. The van der Waals surface area contributed by atoms with Crippen molar-refractivity contribution in [2.45, 2.75) is 0 Å². The lowest BCUT2D eigenvalue weighted by atomic mass is 10.2. The molecule has 1 heterocycles. The van der Waals surface area contributed by atoms with Gasteiger partial charge in [0.2, 0.25) is 0 Å². The number of aromatic amines is 1. The number of halogens is 2. The van der Waals surface area contributed by atoms with Crippen LogP contribution >= 0.6 is 15.9 Å². The molecule has 2 rings (SSSR count). The van der Waals surface area contributed by atoms with Gasteiger partial charge in [0, 0.05) is 10.2 Å². The Balaban J connectivity index is 2.23. The summed E-state index contributed by atoms with van der Waals surface area (Å²) in [5.74, 6) is -0.514. The molecule has 0 unspecified atom stereocenters. The topological polar surface area (TPSA) is 40.7 Å². The lowest BCUT2D eigenvalue weighted by Gasteiger charge is -2.08. The van der Waals surface area contributed by atoms with E-state index in [-0.39, 0.29) is 0 Å². The number of anilines is 1. The Bertz CT molecular complexity index is 643. The zero-order valence-corrected chi connectivity index (χ0v) is 11.1.